The van der Waals surface area contributed by atoms with Crippen molar-refractivity contribution in [2.24, 2.45) is 0 Å². The third-order valence-electron chi connectivity index (χ3n) is 1.46. The molecule has 0 bridgehead atoms. The number of hydrogen-bond donors (Lipinski definition) is 0. The Morgan fingerprint density at radius 3 is 2.64 bits per heavy atom. The fraction of sp³-hybridized carbons (Fsp3) is 0.222. The molecule has 0 aromatic carbocycles. The number of hydrogen-bond acceptors (Lipinski definition) is 5. The first-order chi connectivity index (χ1) is 6.76. The minimum atomic E-state index is -0.428. The summed E-state index contributed by atoms with van der Waals surface area (Å²) in [5.74, 6) is 0.00263. The molecule has 0 unspecified atom stereocenters. The standard InChI is InChI=1S/C9H10N2O3/c1-13-8-5-3-7(10-11-8)4-6-9(12)14-2/h3-6H,1-2H3. The molecule has 0 atom stereocenters. The first kappa shape index (κ1) is 10.2. The van der Waals surface area contributed by atoms with E-state index in [4.69, 9.17) is 4.74 Å². The van der Waals surface area contributed by atoms with Crippen LogP contribution < -0.4 is 4.74 Å². The number of methoxy groups -OCH3 is 2. The summed E-state index contributed by atoms with van der Waals surface area (Å²) in [4.78, 5) is 10.7. The molecule has 0 N–H and O–H groups in total. The van der Waals surface area contributed by atoms with Gasteiger partial charge in [-0.3, -0.25) is 0 Å². The summed E-state index contributed by atoms with van der Waals surface area (Å²) in [6.07, 6.45) is 2.79. The third kappa shape index (κ3) is 2.85. The SMILES string of the molecule is COC(=O)C=Cc1ccc(OC)nn1. The molecule has 74 valence electrons. The summed E-state index contributed by atoms with van der Waals surface area (Å²) in [5.41, 5.74) is 0.566. The van der Waals surface area contributed by atoms with E-state index in [1.54, 1.807) is 12.1 Å². The van der Waals surface area contributed by atoms with Crippen LogP contribution in [-0.4, -0.2) is 30.4 Å². The monoisotopic (exact) mass is 194 g/mol. The largest absolute Gasteiger partial charge is 0.480 e. The lowest BCUT2D eigenvalue weighted by Gasteiger charge is -1.96. The number of carbonyl (C=O) groups excluding carboxylic acids is 1. The Kier molecular flexibility index (Phi) is 3.60. The molecule has 0 amide bonds. The lowest BCUT2D eigenvalue weighted by molar-refractivity contribution is -0.134. The second-order valence-electron chi connectivity index (χ2n) is 2.36. The van der Waals surface area contributed by atoms with E-state index in [2.05, 4.69) is 14.9 Å². The van der Waals surface area contributed by atoms with E-state index in [0.29, 0.717) is 11.6 Å². The molecule has 0 saturated carbocycles. The van der Waals surface area contributed by atoms with Crippen LogP contribution in [-0.2, 0) is 9.53 Å². The van der Waals surface area contributed by atoms with Gasteiger partial charge in [0, 0.05) is 12.1 Å². The topological polar surface area (TPSA) is 61.3 Å². The van der Waals surface area contributed by atoms with Gasteiger partial charge in [0.1, 0.15) is 0 Å². The molecule has 0 aliphatic rings. The summed E-state index contributed by atoms with van der Waals surface area (Å²) in [7, 11) is 2.82. The highest BCUT2D eigenvalue weighted by Crippen LogP contribution is 2.04. The maximum atomic E-state index is 10.7. The van der Waals surface area contributed by atoms with Gasteiger partial charge in [-0.15, -0.1) is 10.2 Å². The zero-order valence-electron chi connectivity index (χ0n) is 7.93. The van der Waals surface area contributed by atoms with E-state index in [1.807, 2.05) is 0 Å². The van der Waals surface area contributed by atoms with Crippen molar-refractivity contribution >= 4 is 12.0 Å². The fourth-order valence-corrected chi connectivity index (χ4v) is 0.750. The van der Waals surface area contributed by atoms with Crippen LogP contribution in [0.15, 0.2) is 18.2 Å². The Bertz CT molecular complexity index is 332. The predicted octanol–water partition coefficient (Wildman–Crippen LogP) is 0.671. The number of nitrogens with zero attached hydrogens (tertiary/aromatic N) is 2. The molecule has 0 saturated heterocycles. The van der Waals surface area contributed by atoms with E-state index in [9.17, 15) is 4.79 Å². The van der Waals surface area contributed by atoms with Gasteiger partial charge in [-0.2, -0.15) is 0 Å². The lowest BCUT2D eigenvalue weighted by atomic mass is 10.3. The molecule has 1 heterocycles. The average molecular weight is 194 g/mol. The highest BCUT2D eigenvalue weighted by atomic mass is 16.5. The molecule has 1 rings (SSSR count). The van der Waals surface area contributed by atoms with Gasteiger partial charge >= 0.3 is 5.97 Å². The van der Waals surface area contributed by atoms with Gasteiger partial charge in [0.15, 0.2) is 0 Å². The van der Waals surface area contributed by atoms with Crippen LogP contribution in [0.1, 0.15) is 5.69 Å². The second-order valence-corrected chi connectivity index (χ2v) is 2.36. The summed E-state index contributed by atoms with van der Waals surface area (Å²) < 4.78 is 9.24. The van der Waals surface area contributed by atoms with Crippen molar-refractivity contribution in [3.63, 3.8) is 0 Å². The number of ether oxygens (including phenoxy) is 2. The van der Waals surface area contributed by atoms with Crippen molar-refractivity contribution in [3.05, 3.63) is 23.9 Å². The minimum absolute atomic E-state index is 0.428. The number of esters is 1. The normalized spacial score (nSPS) is 10.1. The molecule has 0 fully saturated rings. The minimum Gasteiger partial charge on any atom is -0.480 e. The Morgan fingerprint density at radius 1 is 1.36 bits per heavy atom. The molecular formula is C9H10N2O3. The molecule has 1 aromatic heterocycles. The molecule has 0 aliphatic heterocycles. The number of aromatic nitrogens is 2. The van der Waals surface area contributed by atoms with Gasteiger partial charge in [-0.05, 0) is 12.1 Å². The Labute approximate surface area is 81.4 Å². The first-order valence-electron chi connectivity index (χ1n) is 3.90. The highest BCUT2D eigenvalue weighted by Gasteiger charge is 1.95. The van der Waals surface area contributed by atoms with Crippen LogP contribution in [0.2, 0.25) is 0 Å². The van der Waals surface area contributed by atoms with E-state index >= 15 is 0 Å². The number of rotatable bonds is 3. The highest BCUT2D eigenvalue weighted by molar-refractivity contribution is 5.86. The fourth-order valence-electron chi connectivity index (χ4n) is 0.750. The maximum absolute atomic E-state index is 10.7. The maximum Gasteiger partial charge on any atom is 0.330 e. The van der Waals surface area contributed by atoms with Gasteiger partial charge in [0.05, 0.1) is 19.9 Å². The lowest BCUT2D eigenvalue weighted by Crippen LogP contribution is -1.95. The predicted molar refractivity (Wildman–Crippen MR) is 49.6 cm³/mol. The van der Waals surface area contributed by atoms with E-state index in [-0.39, 0.29) is 0 Å². The van der Waals surface area contributed by atoms with Crippen LogP contribution in [0, 0.1) is 0 Å². The van der Waals surface area contributed by atoms with Crippen LogP contribution in [0.3, 0.4) is 0 Å². The van der Waals surface area contributed by atoms with Crippen LogP contribution in [0.4, 0.5) is 0 Å². The van der Waals surface area contributed by atoms with Gasteiger partial charge in [-0.1, -0.05) is 0 Å². The summed E-state index contributed by atoms with van der Waals surface area (Å²) in [6.45, 7) is 0. The van der Waals surface area contributed by atoms with Crippen molar-refractivity contribution in [1.29, 1.82) is 0 Å². The van der Waals surface area contributed by atoms with Crippen molar-refractivity contribution in [1.82, 2.24) is 10.2 Å². The zero-order valence-corrected chi connectivity index (χ0v) is 7.93. The zero-order chi connectivity index (χ0) is 10.4. The average Bonchev–Trinajstić information content (AvgIpc) is 2.26. The Hall–Kier alpha value is -1.91. The molecule has 5 nitrogen and oxygen atoms in total. The van der Waals surface area contributed by atoms with Gasteiger partial charge < -0.3 is 9.47 Å². The van der Waals surface area contributed by atoms with Crippen molar-refractivity contribution in [3.8, 4) is 5.88 Å². The Morgan fingerprint density at radius 2 is 2.14 bits per heavy atom. The first-order valence-corrected chi connectivity index (χ1v) is 3.90. The summed E-state index contributed by atoms with van der Waals surface area (Å²) in [6, 6.07) is 3.34. The van der Waals surface area contributed by atoms with Gasteiger partial charge in [0.2, 0.25) is 5.88 Å². The van der Waals surface area contributed by atoms with Crippen molar-refractivity contribution < 1.29 is 14.3 Å². The van der Waals surface area contributed by atoms with Gasteiger partial charge in [-0.25, -0.2) is 4.79 Å². The van der Waals surface area contributed by atoms with Gasteiger partial charge in [0.25, 0.3) is 0 Å². The molecule has 0 radical (unpaired) electrons. The molecule has 0 spiro atoms. The van der Waals surface area contributed by atoms with Crippen molar-refractivity contribution in [2.45, 2.75) is 0 Å². The van der Waals surface area contributed by atoms with E-state index in [0.717, 1.165) is 0 Å². The number of carbonyl (C=O) groups is 1. The quantitative estimate of drug-likeness (QED) is 0.522. The second kappa shape index (κ2) is 4.96. The molecule has 0 aliphatic carbocycles. The molecular weight excluding hydrogens is 184 g/mol. The van der Waals surface area contributed by atoms with Crippen LogP contribution in [0.5, 0.6) is 5.88 Å². The van der Waals surface area contributed by atoms with E-state index in [1.165, 1.54) is 26.4 Å². The Balaban J connectivity index is 2.68. The van der Waals surface area contributed by atoms with E-state index < -0.39 is 5.97 Å². The molecule has 1 aromatic rings. The smallest absolute Gasteiger partial charge is 0.330 e. The van der Waals surface area contributed by atoms with Crippen molar-refractivity contribution in [2.75, 3.05) is 14.2 Å². The summed E-state index contributed by atoms with van der Waals surface area (Å²) >= 11 is 0. The molecule has 14 heavy (non-hydrogen) atoms. The molecule has 5 heteroatoms. The third-order valence-corrected chi connectivity index (χ3v) is 1.46. The van der Waals surface area contributed by atoms with Crippen LogP contribution in [0.25, 0.3) is 6.08 Å². The summed E-state index contributed by atoms with van der Waals surface area (Å²) in [5, 5.41) is 7.51. The van der Waals surface area contributed by atoms with Crippen LogP contribution >= 0.6 is 0 Å².